The Balaban J connectivity index is 1.30. The van der Waals surface area contributed by atoms with Crippen LogP contribution in [0.1, 0.15) is 27.6 Å². The number of benzene rings is 1. The van der Waals surface area contributed by atoms with Gasteiger partial charge in [-0.3, -0.25) is 4.79 Å². The minimum atomic E-state index is -0.00679. The molecule has 4 aromatic rings. The molecule has 3 aromatic heterocycles. The van der Waals surface area contributed by atoms with E-state index in [0.29, 0.717) is 31.6 Å². The normalized spacial score (nSPS) is 14.1. The first-order valence-corrected chi connectivity index (χ1v) is 9.31. The van der Waals surface area contributed by atoms with Gasteiger partial charge in [0.05, 0.1) is 12.1 Å². The number of rotatable bonds is 3. The standard InChI is InChI=1S/C20H19N7O/c28-20(16-6-7-18-21-14-22-27(18)13-16)25-9-8-19-23-17(24-26(19)11-10-25)12-15-4-2-1-3-5-15/h1-7,13-14H,8-12H2. The zero-order valence-corrected chi connectivity index (χ0v) is 15.3. The van der Waals surface area contributed by atoms with E-state index in [-0.39, 0.29) is 5.91 Å². The van der Waals surface area contributed by atoms with Crippen LogP contribution >= 0.6 is 0 Å². The highest BCUT2D eigenvalue weighted by molar-refractivity contribution is 5.94. The van der Waals surface area contributed by atoms with Gasteiger partial charge in [0.1, 0.15) is 12.2 Å². The van der Waals surface area contributed by atoms with Crippen molar-refractivity contribution < 1.29 is 4.79 Å². The monoisotopic (exact) mass is 373 g/mol. The van der Waals surface area contributed by atoms with Crippen LogP contribution in [0.3, 0.4) is 0 Å². The number of amides is 1. The average Bonchev–Trinajstić information content (AvgIpc) is 3.30. The second kappa shape index (κ2) is 6.88. The average molecular weight is 373 g/mol. The van der Waals surface area contributed by atoms with E-state index in [9.17, 15) is 4.79 Å². The van der Waals surface area contributed by atoms with Crippen molar-refractivity contribution in [3.8, 4) is 0 Å². The summed E-state index contributed by atoms with van der Waals surface area (Å²) in [5.41, 5.74) is 2.53. The van der Waals surface area contributed by atoms with E-state index < -0.39 is 0 Å². The van der Waals surface area contributed by atoms with Crippen molar-refractivity contribution in [3.63, 3.8) is 0 Å². The molecule has 0 unspecified atom stereocenters. The minimum Gasteiger partial charge on any atom is -0.336 e. The lowest BCUT2D eigenvalue weighted by atomic mass is 10.1. The molecular weight excluding hydrogens is 354 g/mol. The van der Waals surface area contributed by atoms with Crippen molar-refractivity contribution in [1.82, 2.24) is 34.3 Å². The molecule has 1 aliphatic rings. The predicted molar refractivity (Wildman–Crippen MR) is 102 cm³/mol. The van der Waals surface area contributed by atoms with Crippen molar-refractivity contribution >= 4 is 11.6 Å². The first-order chi connectivity index (χ1) is 13.8. The molecule has 0 saturated carbocycles. The fourth-order valence-electron chi connectivity index (χ4n) is 3.53. The van der Waals surface area contributed by atoms with Crippen molar-refractivity contribution in [2.24, 2.45) is 0 Å². The van der Waals surface area contributed by atoms with Crippen LogP contribution in [0.25, 0.3) is 5.65 Å². The zero-order chi connectivity index (χ0) is 18.9. The number of carbonyl (C=O) groups is 1. The van der Waals surface area contributed by atoms with Gasteiger partial charge in [-0.1, -0.05) is 30.3 Å². The van der Waals surface area contributed by atoms with Gasteiger partial charge in [0.25, 0.3) is 5.91 Å². The number of hydrogen-bond donors (Lipinski definition) is 0. The lowest BCUT2D eigenvalue weighted by Crippen LogP contribution is -2.34. The number of fused-ring (bicyclic) bond motifs is 2. The topological polar surface area (TPSA) is 81.2 Å². The van der Waals surface area contributed by atoms with Gasteiger partial charge in [-0.15, -0.1) is 0 Å². The Morgan fingerprint density at radius 2 is 1.93 bits per heavy atom. The summed E-state index contributed by atoms with van der Waals surface area (Å²) in [5.74, 6) is 1.76. The van der Waals surface area contributed by atoms with Gasteiger partial charge >= 0.3 is 0 Å². The smallest absolute Gasteiger partial charge is 0.255 e. The third-order valence-electron chi connectivity index (χ3n) is 4.99. The summed E-state index contributed by atoms with van der Waals surface area (Å²) in [7, 11) is 0. The lowest BCUT2D eigenvalue weighted by Gasteiger charge is -2.19. The summed E-state index contributed by atoms with van der Waals surface area (Å²) < 4.78 is 3.56. The molecule has 0 spiro atoms. The molecule has 0 saturated heterocycles. The molecule has 4 heterocycles. The fraction of sp³-hybridized carbons (Fsp3) is 0.250. The Bertz CT molecular complexity index is 1110. The zero-order valence-electron chi connectivity index (χ0n) is 15.3. The number of aromatic nitrogens is 6. The largest absolute Gasteiger partial charge is 0.336 e. The number of carbonyl (C=O) groups excluding carboxylic acids is 1. The van der Waals surface area contributed by atoms with Crippen molar-refractivity contribution in [2.45, 2.75) is 19.4 Å². The van der Waals surface area contributed by atoms with Gasteiger partial charge in [0.15, 0.2) is 11.5 Å². The van der Waals surface area contributed by atoms with Gasteiger partial charge in [-0.05, 0) is 17.7 Å². The molecule has 0 fully saturated rings. The highest BCUT2D eigenvalue weighted by Gasteiger charge is 2.22. The third kappa shape index (κ3) is 3.13. The van der Waals surface area contributed by atoms with Crippen LogP contribution in [-0.2, 0) is 19.4 Å². The van der Waals surface area contributed by atoms with E-state index in [1.54, 1.807) is 22.8 Å². The second-order valence-corrected chi connectivity index (χ2v) is 6.85. The Kier molecular flexibility index (Phi) is 4.08. The fourth-order valence-corrected chi connectivity index (χ4v) is 3.53. The summed E-state index contributed by atoms with van der Waals surface area (Å²) in [6.07, 6.45) is 4.62. The molecular formula is C20H19N7O. The molecule has 1 aromatic carbocycles. The van der Waals surface area contributed by atoms with Crippen LogP contribution in [0.15, 0.2) is 55.0 Å². The highest BCUT2D eigenvalue weighted by Crippen LogP contribution is 2.13. The van der Waals surface area contributed by atoms with Crippen LogP contribution < -0.4 is 0 Å². The maximum Gasteiger partial charge on any atom is 0.255 e. The minimum absolute atomic E-state index is 0.00679. The summed E-state index contributed by atoms with van der Waals surface area (Å²) in [5, 5.41) is 8.76. The lowest BCUT2D eigenvalue weighted by molar-refractivity contribution is 0.0757. The Morgan fingerprint density at radius 3 is 2.82 bits per heavy atom. The second-order valence-electron chi connectivity index (χ2n) is 6.85. The van der Waals surface area contributed by atoms with Gasteiger partial charge < -0.3 is 4.90 Å². The Hall–Kier alpha value is -3.55. The Morgan fingerprint density at radius 1 is 1.04 bits per heavy atom. The van der Waals surface area contributed by atoms with Gasteiger partial charge in [0, 0.05) is 32.1 Å². The first kappa shape index (κ1) is 16.6. The van der Waals surface area contributed by atoms with E-state index in [4.69, 9.17) is 4.98 Å². The molecule has 1 amide bonds. The summed E-state index contributed by atoms with van der Waals surface area (Å²) in [6, 6.07) is 13.8. The molecule has 0 N–H and O–H groups in total. The summed E-state index contributed by atoms with van der Waals surface area (Å²) in [6.45, 7) is 1.88. The van der Waals surface area contributed by atoms with Gasteiger partial charge in [0.2, 0.25) is 0 Å². The summed E-state index contributed by atoms with van der Waals surface area (Å²) in [4.78, 5) is 23.6. The van der Waals surface area contributed by atoms with Crippen LogP contribution in [0, 0.1) is 0 Å². The predicted octanol–water partition coefficient (Wildman–Crippen LogP) is 1.61. The quantitative estimate of drug-likeness (QED) is 0.545. The van der Waals surface area contributed by atoms with Crippen LogP contribution in [0.4, 0.5) is 0 Å². The molecule has 5 rings (SSSR count). The van der Waals surface area contributed by atoms with Crippen molar-refractivity contribution in [1.29, 1.82) is 0 Å². The molecule has 28 heavy (non-hydrogen) atoms. The third-order valence-corrected chi connectivity index (χ3v) is 4.99. The Labute approximate surface area is 161 Å². The van der Waals surface area contributed by atoms with Crippen molar-refractivity contribution in [2.75, 3.05) is 13.1 Å². The summed E-state index contributed by atoms with van der Waals surface area (Å²) >= 11 is 0. The number of nitrogens with zero attached hydrogens (tertiary/aromatic N) is 7. The van der Waals surface area contributed by atoms with Crippen LogP contribution in [0.2, 0.25) is 0 Å². The van der Waals surface area contributed by atoms with Crippen LogP contribution in [-0.4, -0.2) is 53.3 Å². The van der Waals surface area contributed by atoms with Crippen molar-refractivity contribution in [3.05, 3.63) is 77.8 Å². The SMILES string of the molecule is O=C(c1ccc2ncnn2c1)N1CCc2nc(Cc3ccccc3)nn2CC1. The van der Waals surface area contributed by atoms with E-state index >= 15 is 0 Å². The number of hydrogen-bond acceptors (Lipinski definition) is 5. The number of pyridine rings is 1. The molecule has 0 radical (unpaired) electrons. The molecule has 8 nitrogen and oxygen atoms in total. The van der Waals surface area contributed by atoms with E-state index in [1.807, 2.05) is 27.8 Å². The highest BCUT2D eigenvalue weighted by atomic mass is 16.2. The molecule has 0 atom stereocenters. The molecule has 140 valence electrons. The molecule has 1 aliphatic heterocycles. The first-order valence-electron chi connectivity index (χ1n) is 9.31. The van der Waals surface area contributed by atoms with E-state index in [1.165, 1.54) is 11.9 Å². The van der Waals surface area contributed by atoms with Gasteiger partial charge in [-0.25, -0.2) is 19.2 Å². The molecule has 0 bridgehead atoms. The maximum atomic E-state index is 12.9. The van der Waals surface area contributed by atoms with E-state index in [0.717, 1.165) is 23.7 Å². The van der Waals surface area contributed by atoms with E-state index in [2.05, 4.69) is 27.3 Å². The molecule has 8 heteroatoms. The molecule has 0 aliphatic carbocycles. The van der Waals surface area contributed by atoms with Crippen LogP contribution in [0.5, 0.6) is 0 Å². The van der Waals surface area contributed by atoms with Gasteiger partial charge in [-0.2, -0.15) is 10.2 Å². The maximum absolute atomic E-state index is 12.9.